The summed E-state index contributed by atoms with van der Waals surface area (Å²) in [6, 6.07) is 7.85. The van der Waals surface area contributed by atoms with Crippen molar-refractivity contribution in [1.29, 1.82) is 0 Å². The van der Waals surface area contributed by atoms with Crippen molar-refractivity contribution in [2.45, 2.75) is 19.9 Å². The Kier molecular flexibility index (Phi) is 4.76. The van der Waals surface area contributed by atoms with Gasteiger partial charge in [0.25, 0.3) is 0 Å². The first kappa shape index (κ1) is 17.0. The van der Waals surface area contributed by atoms with Gasteiger partial charge in [0.1, 0.15) is 5.00 Å². The third-order valence-corrected chi connectivity index (χ3v) is 5.22. The van der Waals surface area contributed by atoms with Crippen molar-refractivity contribution in [2.75, 3.05) is 17.6 Å². The summed E-state index contributed by atoms with van der Waals surface area (Å²) < 4.78 is 0. The highest BCUT2D eigenvalue weighted by molar-refractivity contribution is 7.17. The number of nitrogens with zero attached hydrogens (tertiary/aromatic N) is 1. The quantitative estimate of drug-likeness (QED) is 0.734. The molecule has 4 N–H and O–H groups in total. The lowest BCUT2D eigenvalue weighted by atomic mass is 10.1. The highest BCUT2D eigenvalue weighted by atomic mass is 32.1. The van der Waals surface area contributed by atoms with Gasteiger partial charge in [-0.15, -0.1) is 11.3 Å². The molecule has 0 saturated heterocycles. The van der Waals surface area contributed by atoms with Crippen LogP contribution in [0.3, 0.4) is 0 Å². The molecule has 0 fully saturated rings. The van der Waals surface area contributed by atoms with E-state index in [1.807, 2.05) is 31.2 Å². The van der Waals surface area contributed by atoms with Crippen LogP contribution in [-0.4, -0.2) is 28.6 Å². The maximum absolute atomic E-state index is 12.2. The molecule has 1 aromatic heterocycles. The van der Waals surface area contributed by atoms with Gasteiger partial charge in [-0.3, -0.25) is 4.79 Å². The average molecular weight is 357 g/mol. The van der Waals surface area contributed by atoms with Gasteiger partial charge in [-0.1, -0.05) is 29.8 Å². The van der Waals surface area contributed by atoms with Crippen LogP contribution in [0.5, 0.6) is 0 Å². The lowest BCUT2D eigenvalue weighted by molar-refractivity contribution is -0.111. The summed E-state index contributed by atoms with van der Waals surface area (Å²) in [5.74, 6) is -0.262. The van der Waals surface area contributed by atoms with E-state index in [1.165, 1.54) is 22.3 Å². The van der Waals surface area contributed by atoms with E-state index in [0.717, 1.165) is 21.6 Å². The van der Waals surface area contributed by atoms with Crippen molar-refractivity contribution in [2.24, 2.45) is 0 Å². The van der Waals surface area contributed by atoms with Crippen LogP contribution in [0.4, 0.5) is 15.5 Å². The SMILES string of the molecule is Cc1cccc(/C=C/C(=O)Nc2sc3c(c2N)CCN(C(=O)O)C3)c1. The predicted octanol–water partition coefficient (Wildman–Crippen LogP) is 3.33. The second kappa shape index (κ2) is 6.98. The van der Waals surface area contributed by atoms with Gasteiger partial charge in [-0.2, -0.15) is 0 Å². The number of benzene rings is 1. The second-order valence-electron chi connectivity index (χ2n) is 5.94. The van der Waals surface area contributed by atoms with Crippen LogP contribution in [-0.2, 0) is 17.8 Å². The van der Waals surface area contributed by atoms with Crippen LogP contribution in [0.2, 0.25) is 0 Å². The minimum Gasteiger partial charge on any atom is -0.465 e. The molecule has 0 unspecified atom stereocenters. The van der Waals surface area contributed by atoms with Gasteiger partial charge >= 0.3 is 6.09 Å². The zero-order chi connectivity index (χ0) is 18.0. The molecule has 0 spiro atoms. The summed E-state index contributed by atoms with van der Waals surface area (Å²) in [7, 11) is 0. The van der Waals surface area contributed by atoms with Gasteiger partial charge < -0.3 is 21.1 Å². The van der Waals surface area contributed by atoms with Gasteiger partial charge in [-0.25, -0.2) is 4.79 Å². The van der Waals surface area contributed by atoms with Crippen molar-refractivity contribution < 1.29 is 14.7 Å². The van der Waals surface area contributed by atoms with Gasteiger partial charge in [0.05, 0.1) is 12.2 Å². The lowest BCUT2D eigenvalue weighted by Gasteiger charge is -2.23. The summed E-state index contributed by atoms with van der Waals surface area (Å²) in [5.41, 5.74) is 9.69. The molecular weight excluding hydrogens is 338 g/mol. The van der Waals surface area contributed by atoms with Crippen LogP contribution in [0.1, 0.15) is 21.6 Å². The first-order chi connectivity index (χ1) is 11.9. The number of carbonyl (C=O) groups excluding carboxylic acids is 1. The summed E-state index contributed by atoms with van der Waals surface area (Å²) in [6.07, 6.45) is 2.84. The van der Waals surface area contributed by atoms with Crippen molar-refractivity contribution >= 4 is 40.1 Å². The molecule has 6 nitrogen and oxygen atoms in total. The fourth-order valence-electron chi connectivity index (χ4n) is 2.78. The molecule has 1 aromatic carbocycles. The molecular formula is C18H19N3O3S. The minimum absolute atomic E-state index is 0.262. The molecule has 1 aliphatic heterocycles. The normalized spacial score (nSPS) is 13.7. The van der Waals surface area contributed by atoms with Crippen LogP contribution in [0.15, 0.2) is 30.3 Å². The number of nitrogens with one attached hydrogen (secondary N) is 1. The first-order valence-corrected chi connectivity index (χ1v) is 8.69. The van der Waals surface area contributed by atoms with Crippen LogP contribution < -0.4 is 11.1 Å². The summed E-state index contributed by atoms with van der Waals surface area (Å²) >= 11 is 1.34. The summed E-state index contributed by atoms with van der Waals surface area (Å²) in [6.45, 7) is 2.73. The molecule has 0 radical (unpaired) electrons. The number of amides is 2. The number of thiophene rings is 1. The standard InChI is InChI=1S/C18H19N3O3S/c1-11-3-2-4-12(9-11)5-6-15(22)20-17-16(19)13-7-8-21(18(23)24)10-14(13)25-17/h2-6,9H,7-8,10,19H2,1H3,(H,20,22)(H,23,24)/b6-5+. The number of nitrogen functional groups attached to an aromatic ring is 1. The van der Waals surface area contributed by atoms with Crippen LogP contribution in [0.25, 0.3) is 6.08 Å². The monoisotopic (exact) mass is 357 g/mol. The molecule has 25 heavy (non-hydrogen) atoms. The molecule has 0 aliphatic carbocycles. The molecule has 2 heterocycles. The predicted molar refractivity (Wildman–Crippen MR) is 99.7 cm³/mol. The average Bonchev–Trinajstić information content (AvgIpc) is 2.88. The minimum atomic E-state index is -0.940. The van der Waals surface area contributed by atoms with E-state index in [9.17, 15) is 9.59 Å². The lowest BCUT2D eigenvalue weighted by Crippen LogP contribution is -2.34. The van der Waals surface area contributed by atoms with Crippen LogP contribution in [0, 0.1) is 6.92 Å². The van der Waals surface area contributed by atoms with Gasteiger partial charge in [0.15, 0.2) is 0 Å². The third-order valence-electron chi connectivity index (χ3n) is 4.07. The molecule has 2 aromatic rings. The number of aryl methyl sites for hydroxylation is 1. The Hall–Kier alpha value is -2.80. The molecule has 0 saturated carbocycles. The van der Waals surface area contributed by atoms with E-state index >= 15 is 0 Å². The van der Waals surface area contributed by atoms with E-state index in [-0.39, 0.29) is 5.91 Å². The van der Waals surface area contributed by atoms with E-state index in [2.05, 4.69) is 5.32 Å². The number of anilines is 2. The van der Waals surface area contributed by atoms with Gasteiger partial charge in [-0.05, 0) is 30.5 Å². The van der Waals surface area contributed by atoms with Gasteiger partial charge in [0.2, 0.25) is 5.91 Å². The van der Waals surface area contributed by atoms with E-state index in [1.54, 1.807) is 6.08 Å². The molecule has 0 atom stereocenters. The summed E-state index contributed by atoms with van der Waals surface area (Å²) in [4.78, 5) is 25.5. The molecule has 130 valence electrons. The highest BCUT2D eigenvalue weighted by Gasteiger charge is 2.25. The first-order valence-electron chi connectivity index (χ1n) is 7.87. The summed E-state index contributed by atoms with van der Waals surface area (Å²) in [5, 5.41) is 12.5. The maximum Gasteiger partial charge on any atom is 0.407 e. The van der Waals surface area contributed by atoms with Gasteiger partial charge in [0, 0.05) is 17.5 Å². The molecule has 1 aliphatic rings. The Bertz CT molecular complexity index is 857. The van der Waals surface area contributed by atoms with Crippen molar-refractivity contribution in [1.82, 2.24) is 4.90 Å². The Labute approximate surface area is 149 Å². The van der Waals surface area contributed by atoms with Crippen molar-refractivity contribution in [3.8, 4) is 0 Å². The van der Waals surface area contributed by atoms with Crippen molar-refractivity contribution in [3.05, 3.63) is 51.9 Å². The number of nitrogens with two attached hydrogens (primary N) is 1. The molecule has 3 rings (SSSR count). The van der Waals surface area contributed by atoms with Crippen molar-refractivity contribution in [3.63, 3.8) is 0 Å². The number of fused-ring (bicyclic) bond motifs is 1. The zero-order valence-corrected chi connectivity index (χ0v) is 14.6. The zero-order valence-electron chi connectivity index (χ0n) is 13.8. The Morgan fingerprint density at radius 3 is 2.92 bits per heavy atom. The fourth-order valence-corrected chi connectivity index (χ4v) is 3.97. The van der Waals surface area contributed by atoms with E-state index in [0.29, 0.717) is 30.2 Å². The Morgan fingerprint density at radius 2 is 2.20 bits per heavy atom. The maximum atomic E-state index is 12.2. The number of rotatable bonds is 3. The molecule has 0 bridgehead atoms. The number of hydrogen-bond acceptors (Lipinski definition) is 4. The largest absolute Gasteiger partial charge is 0.465 e. The smallest absolute Gasteiger partial charge is 0.407 e. The topological polar surface area (TPSA) is 95.7 Å². The number of hydrogen-bond donors (Lipinski definition) is 3. The van der Waals surface area contributed by atoms with E-state index in [4.69, 9.17) is 10.8 Å². The number of carbonyl (C=O) groups is 2. The van der Waals surface area contributed by atoms with Crippen LogP contribution >= 0.6 is 11.3 Å². The molecule has 2 amide bonds. The molecule has 7 heteroatoms. The highest BCUT2D eigenvalue weighted by Crippen LogP contribution is 2.39. The second-order valence-corrected chi connectivity index (χ2v) is 7.04. The fraction of sp³-hybridized carbons (Fsp3) is 0.222. The third kappa shape index (κ3) is 3.83. The Morgan fingerprint density at radius 1 is 1.40 bits per heavy atom. The van der Waals surface area contributed by atoms with E-state index < -0.39 is 6.09 Å². The Balaban J connectivity index is 1.71. The number of carboxylic acid groups (broad SMARTS) is 1.